The van der Waals surface area contributed by atoms with Crippen molar-refractivity contribution in [3.8, 4) is 11.8 Å². The summed E-state index contributed by atoms with van der Waals surface area (Å²) >= 11 is 0. The maximum atomic E-state index is 3.17. The van der Waals surface area contributed by atoms with Gasteiger partial charge in [0.1, 0.15) is 0 Å². The van der Waals surface area contributed by atoms with Crippen LogP contribution in [0.4, 0.5) is 0 Å². The van der Waals surface area contributed by atoms with Crippen molar-refractivity contribution in [1.29, 1.82) is 0 Å². The summed E-state index contributed by atoms with van der Waals surface area (Å²) < 4.78 is 0. The van der Waals surface area contributed by atoms with E-state index < -0.39 is 0 Å². The lowest BCUT2D eigenvalue weighted by Crippen LogP contribution is -2.00. The molecular weight excluding hydrogens is 168 g/mol. The zero-order chi connectivity index (χ0) is 10.4. The predicted molar refractivity (Wildman–Crippen MR) is 62.8 cm³/mol. The Hall–Kier alpha value is -1.22. The van der Waals surface area contributed by atoms with Gasteiger partial charge in [0.15, 0.2) is 0 Å². The number of hydrogen-bond acceptors (Lipinski definition) is 0. The van der Waals surface area contributed by atoms with Gasteiger partial charge in [-0.15, -0.1) is 0 Å². The molecule has 0 saturated heterocycles. The molecule has 0 aliphatic heterocycles. The minimum Gasteiger partial charge on any atom is -0.0979 e. The molecule has 0 nitrogen and oxygen atoms in total. The lowest BCUT2D eigenvalue weighted by atomic mass is 9.93. The Kier molecular flexibility index (Phi) is 3.77. The summed E-state index contributed by atoms with van der Waals surface area (Å²) in [6.07, 6.45) is 12.8. The van der Waals surface area contributed by atoms with Crippen LogP contribution in [-0.2, 0) is 0 Å². The van der Waals surface area contributed by atoms with Crippen molar-refractivity contribution in [3.05, 3.63) is 36.0 Å². The molecule has 1 rings (SSSR count). The summed E-state index contributed by atoms with van der Waals surface area (Å²) in [6, 6.07) is 0. The van der Waals surface area contributed by atoms with Crippen LogP contribution in [0.5, 0.6) is 0 Å². The number of hydrogen-bond donors (Lipinski definition) is 0. The lowest BCUT2D eigenvalue weighted by molar-refractivity contribution is 0.627. The number of rotatable bonds is 1. The SMILES string of the molecule is CCCC#CC1=CC=CC(C)(C)C=C1. The van der Waals surface area contributed by atoms with Gasteiger partial charge in [0.05, 0.1) is 0 Å². The first kappa shape index (κ1) is 10.9. The van der Waals surface area contributed by atoms with E-state index in [0.29, 0.717) is 0 Å². The van der Waals surface area contributed by atoms with Gasteiger partial charge in [-0.3, -0.25) is 0 Å². The number of unbranched alkanes of at least 4 members (excludes halogenated alkanes) is 1. The van der Waals surface area contributed by atoms with Crippen LogP contribution in [-0.4, -0.2) is 0 Å². The maximum Gasteiger partial charge on any atom is 0.0242 e. The molecule has 0 radical (unpaired) electrons. The second-order valence-corrected chi connectivity index (χ2v) is 4.19. The quantitative estimate of drug-likeness (QED) is 0.545. The largest absolute Gasteiger partial charge is 0.0979 e. The second-order valence-electron chi connectivity index (χ2n) is 4.19. The molecule has 1 aliphatic rings. The van der Waals surface area contributed by atoms with Crippen molar-refractivity contribution in [1.82, 2.24) is 0 Å². The molecule has 1 aliphatic carbocycles. The van der Waals surface area contributed by atoms with Crippen molar-refractivity contribution in [2.75, 3.05) is 0 Å². The molecule has 0 aromatic heterocycles. The van der Waals surface area contributed by atoms with Gasteiger partial charge in [-0.05, 0) is 18.6 Å². The maximum absolute atomic E-state index is 3.17. The van der Waals surface area contributed by atoms with Gasteiger partial charge in [-0.1, -0.05) is 50.8 Å². The Morgan fingerprint density at radius 3 is 2.79 bits per heavy atom. The zero-order valence-corrected chi connectivity index (χ0v) is 9.30. The van der Waals surface area contributed by atoms with Crippen LogP contribution in [0.1, 0.15) is 33.6 Å². The first-order chi connectivity index (χ1) is 6.64. The predicted octanol–water partition coefficient (Wildman–Crippen LogP) is 3.87. The first-order valence-electron chi connectivity index (χ1n) is 5.22. The van der Waals surface area contributed by atoms with Crippen LogP contribution in [0.25, 0.3) is 0 Å². The third-order valence-corrected chi connectivity index (χ3v) is 2.10. The minimum absolute atomic E-state index is 0.157. The molecule has 0 spiro atoms. The molecule has 0 amide bonds. The molecule has 0 aromatic rings. The first-order valence-corrected chi connectivity index (χ1v) is 5.22. The fourth-order valence-electron chi connectivity index (χ4n) is 1.19. The van der Waals surface area contributed by atoms with E-state index in [4.69, 9.17) is 0 Å². The Labute approximate surface area is 87.4 Å². The Morgan fingerprint density at radius 2 is 2.07 bits per heavy atom. The van der Waals surface area contributed by atoms with Gasteiger partial charge in [0, 0.05) is 17.4 Å². The van der Waals surface area contributed by atoms with Crippen LogP contribution in [0, 0.1) is 17.3 Å². The summed E-state index contributed by atoms with van der Waals surface area (Å²) in [7, 11) is 0. The molecule has 0 fully saturated rings. The number of allylic oxidation sites excluding steroid dienone is 6. The van der Waals surface area contributed by atoms with E-state index in [1.807, 2.05) is 0 Å². The molecule has 0 heterocycles. The van der Waals surface area contributed by atoms with E-state index in [1.165, 1.54) is 0 Å². The minimum atomic E-state index is 0.157. The zero-order valence-electron chi connectivity index (χ0n) is 9.30. The van der Waals surface area contributed by atoms with Crippen LogP contribution in [0.2, 0.25) is 0 Å². The van der Waals surface area contributed by atoms with Crippen molar-refractivity contribution < 1.29 is 0 Å². The molecular formula is C14H18. The molecule has 0 atom stereocenters. The molecule has 0 aromatic carbocycles. The van der Waals surface area contributed by atoms with Gasteiger partial charge < -0.3 is 0 Å². The average Bonchev–Trinajstić information content (AvgIpc) is 2.28. The van der Waals surface area contributed by atoms with Crippen LogP contribution < -0.4 is 0 Å². The molecule has 0 saturated carbocycles. The van der Waals surface area contributed by atoms with Crippen LogP contribution in [0.15, 0.2) is 36.0 Å². The standard InChI is InChI=1S/C14H18/c1-4-5-6-8-13-9-7-11-14(2,3)12-10-13/h7,9-12H,4-5H2,1-3H3. The summed E-state index contributed by atoms with van der Waals surface area (Å²) in [5.74, 6) is 6.33. The van der Waals surface area contributed by atoms with Crippen molar-refractivity contribution in [2.45, 2.75) is 33.6 Å². The molecule has 0 bridgehead atoms. The van der Waals surface area contributed by atoms with E-state index in [9.17, 15) is 0 Å². The third-order valence-electron chi connectivity index (χ3n) is 2.10. The molecule has 14 heavy (non-hydrogen) atoms. The highest BCUT2D eigenvalue weighted by atomic mass is 14.1. The Balaban J connectivity index is 2.72. The van der Waals surface area contributed by atoms with Gasteiger partial charge in [0.2, 0.25) is 0 Å². The van der Waals surface area contributed by atoms with E-state index in [2.05, 4.69) is 63.0 Å². The molecule has 0 N–H and O–H groups in total. The summed E-state index contributed by atoms with van der Waals surface area (Å²) in [5, 5.41) is 0. The van der Waals surface area contributed by atoms with Crippen molar-refractivity contribution in [2.24, 2.45) is 5.41 Å². The van der Waals surface area contributed by atoms with E-state index in [-0.39, 0.29) is 5.41 Å². The van der Waals surface area contributed by atoms with Crippen LogP contribution >= 0.6 is 0 Å². The van der Waals surface area contributed by atoms with E-state index >= 15 is 0 Å². The average molecular weight is 186 g/mol. The topological polar surface area (TPSA) is 0 Å². The van der Waals surface area contributed by atoms with Crippen molar-refractivity contribution in [3.63, 3.8) is 0 Å². The molecule has 0 unspecified atom stereocenters. The highest BCUT2D eigenvalue weighted by Gasteiger charge is 2.09. The summed E-state index contributed by atoms with van der Waals surface area (Å²) in [5.41, 5.74) is 1.27. The fourth-order valence-corrected chi connectivity index (χ4v) is 1.19. The third kappa shape index (κ3) is 3.66. The fraction of sp³-hybridized carbons (Fsp3) is 0.429. The van der Waals surface area contributed by atoms with E-state index in [1.54, 1.807) is 0 Å². The Morgan fingerprint density at radius 1 is 1.29 bits per heavy atom. The highest BCUT2D eigenvalue weighted by Crippen LogP contribution is 2.22. The smallest absolute Gasteiger partial charge is 0.0242 e. The normalized spacial score (nSPS) is 18.1. The Bertz CT molecular complexity index is 327. The van der Waals surface area contributed by atoms with E-state index in [0.717, 1.165) is 18.4 Å². The monoisotopic (exact) mass is 186 g/mol. The molecule has 74 valence electrons. The summed E-state index contributed by atoms with van der Waals surface area (Å²) in [6.45, 7) is 6.53. The van der Waals surface area contributed by atoms with Gasteiger partial charge in [-0.2, -0.15) is 0 Å². The second kappa shape index (κ2) is 4.86. The van der Waals surface area contributed by atoms with Gasteiger partial charge in [-0.25, -0.2) is 0 Å². The lowest BCUT2D eigenvalue weighted by Gasteiger charge is -2.12. The molecule has 0 heteroatoms. The van der Waals surface area contributed by atoms with Gasteiger partial charge in [0.25, 0.3) is 0 Å². The highest BCUT2D eigenvalue weighted by molar-refractivity contribution is 5.43. The van der Waals surface area contributed by atoms with Crippen LogP contribution in [0.3, 0.4) is 0 Å². The summed E-state index contributed by atoms with van der Waals surface area (Å²) in [4.78, 5) is 0. The van der Waals surface area contributed by atoms with Gasteiger partial charge >= 0.3 is 0 Å². The van der Waals surface area contributed by atoms with Crippen molar-refractivity contribution >= 4 is 0 Å².